The number of H-pyrrole nitrogens is 1. The van der Waals surface area contributed by atoms with Gasteiger partial charge >= 0.3 is 0 Å². The Labute approximate surface area is 81.5 Å². The van der Waals surface area contributed by atoms with Crippen LogP contribution in [0.5, 0.6) is 0 Å². The van der Waals surface area contributed by atoms with Crippen LogP contribution in [0.4, 0.5) is 0 Å². The van der Waals surface area contributed by atoms with Crippen molar-refractivity contribution in [2.24, 2.45) is 0 Å². The van der Waals surface area contributed by atoms with Gasteiger partial charge in [-0.3, -0.25) is 9.59 Å². The van der Waals surface area contributed by atoms with E-state index in [1.165, 1.54) is 12.1 Å². The van der Waals surface area contributed by atoms with E-state index < -0.39 is 0 Å². The summed E-state index contributed by atoms with van der Waals surface area (Å²) in [6, 6.07) is 2.68. The van der Waals surface area contributed by atoms with Gasteiger partial charge in [-0.25, -0.2) is 5.10 Å². The van der Waals surface area contributed by atoms with Gasteiger partial charge in [0.15, 0.2) is 0 Å². The van der Waals surface area contributed by atoms with Gasteiger partial charge in [0, 0.05) is 12.6 Å². The molecule has 0 spiro atoms. The minimum absolute atomic E-state index is 0.237. The zero-order chi connectivity index (χ0) is 10.4. The summed E-state index contributed by atoms with van der Waals surface area (Å²) in [4.78, 5) is 22.0. The Bertz CT molecular complexity index is 339. The molecule has 0 aliphatic heterocycles. The molecule has 0 aromatic carbocycles. The fourth-order valence-corrected chi connectivity index (χ4v) is 0.940. The Morgan fingerprint density at radius 2 is 2.36 bits per heavy atom. The zero-order valence-electron chi connectivity index (χ0n) is 8.04. The van der Waals surface area contributed by atoms with Crippen LogP contribution in [0.3, 0.4) is 0 Å². The smallest absolute Gasteiger partial charge is 0.271 e. The van der Waals surface area contributed by atoms with Crippen LogP contribution in [-0.2, 0) is 0 Å². The minimum Gasteiger partial charge on any atom is -0.351 e. The lowest BCUT2D eigenvalue weighted by Gasteiger charge is -2.01. The number of hydrogen-bond acceptors (Lipinski definition) is 3. The Balaban J connectivity index is 2.52. The third-order valence-corrected chi connectivity index (χ3v) is 1.73. The number of aromatic amines is 1. The summed E-state index contributed by atoms with van der Waals surface area (Å²) in [6.45, 7) is 2.68. The second kappa shape index (κ2) is 5.16. The first kappa shape index (κ1) is 10.4. The second-order valence-corrected chi connectivity index (χ2v) is 2.92. The second-order valence-electron chi connectivity index (χ2n) is 2.92. The summed E-state index contributed by atoms with van der Waals surface area (Å²) in [5.41, 5.74) is -0.0733. The number of hydrogen-bond donors (Lipinski definition) is 2. The van der Waals surface area contributed by atoms with Crippen LogP contribution >= 0.6 is 0 Å². The fourth-order valence-electron chi connectivity index (χ4n) is 0.940. The van der Waals surface area contributed by atoms with Crippen molar-refractivity contribution in [2.45, 2.75) is 19.8 Å². The van der Waals surface area contributed by atoms with E-state index in [9.17, 15) is 9.59 Å². The highest BCUT2D eigenvalue weighted by Crippen LogP contribution is 1.89. The maximum atomic E-state index is 11.3. The van der Waals surface area contributed by atoms with E-state index in [1.807, 2.05) is 6.92 Å². The van der Waals surface area contributed by atoms with Crippen molar-refractivity contribution in [1.29, 1.82) is 0 Å². The molecule has 1 heterocycles. The van der Waals surface area contributed by atoms with Crippen molar-refractivity contribution < 1.29 is 4.79 Å². The summed E-state index contributed by atoms with van der Waals surface area (Å²) in [6.07, 6.45) is 1.97. The summed E-state index contributed by atoms with van der Waals surface area (Å²) >= 11 is 0. The van der Waals surface area contributed by atoms with Gasteiger partial charge in [0.2, 0.25) is 0 Å². The highest BCUT2D eigenvalue weighted by molar-refractivity contribution is 5.91. The van der Waals surface area contributed by atoms with E-state index in [0.717, 1.165) is 12.8 Å². The minimum atomic E-state index is -0.310. The molecule has 0 radical (unpaired) electrons. The number of amides is 1. The van der Waals surface area contributed by atoms with Gasteiger partial charge in [0.25, 0.3) is 11.5 Å². The normalized spacial score (nSPS) is 9.79. The molecule has 1 aromatic heterocycles. The summed E-state index contributed by atoms with van der Waals surface area (Å²) in [7, 11) is 0. The van der Waals surface area contributed by atoms with Crippen molar-refractivity contribution in [3.63, 3.8) is 0 Å². The van der Waals surface area contributed by atoms with E-state index in [-0.39, 0.29) is 17.2 Å². The molecular weight excluding hydrogens is 182 g/mol. The number of aromatic nitrogens is 2. The highest BCUT2D eigenvalue weighted by atomic mass is 16.2. The molecule has 14 heavy (non-hydrogen) atoms. The molecule has 0 fully saturated rings. The molecule has 5 nitrogen and oxygen atoms in total. The van der Waals surface area contributed by atoms with Crippen LogP contribution < -0.4 is 10.9 Å². The number of nitrogens with one attached hydrogen (secondary N) is 2. The molecule has 1 rings (SSSR count). The molecule has 76 valence electrons. The predicted molar refractivity (Wildman–Crippen MR) is 52.1 cm³/mol. The van der Waals surface area contributed by atoms with Crippen molar-refractivity contribution in [3.8, 4) is 0 Å². The van der Waals surface area contributed by atoms with Gasteiger partial charge in [0.05, 0.1) is 0 Å². The predicted octanol–water partition coefficient (Wildman–Crippen LogP) is 0.300. The largest absolute Gasteiger partial charge is 0.351 e. The fraction of sp³-hybridized carbons (Fsp3) is 0.444. The third-order valence-electron chi connectivity index (χ3n) is 1.73. The average Bonchev–Trinajstić information content (AvgIpc) is 2.19. The molecule has 1 amide bonds. The Morgan fingerprint density at radius 1 is 1.57 bits per heavy atom. The first-order valence-corrected chi connectivity index (χ1v) is 4.58. The maximum absolute atomic E-state index is 11.3. The molecular formula is C9H13N3O2. The van der Waals surface area contributed by atoms with E-state index in [1.54, 1.807) is 0 Å². The molecule has 5 heteroatoms. The Hall–Kier alpha value is -1.65. The lowest BCUT2D eigenvalue weighted by molar-refractivity contribution is 0.0947. The monoisotopic (exact) mass is 195 g/mol. The first-order chi connectivity index (χ1) is 6.74. The van der Waals surface area contributed by atoms with Gasteiger partial charge in [-0.15, -0.1) is 0 Å². The van der Waals surface area contributed by atoms with E-state index in [4.69, 9.17) is 0 Å². The topological polar surface area (TPSA) is 74.8 Å². The molecule has 0 aliphatic carbocycles. The van der Waals surface area contributed by atoms with Gasteiger partial charge in [-0.2, -0.15) is 5.10 Å². The Morgan fingerprint density at radius 3 is 2.93 bits per heavy atom. The summed E-state index contributed by atoms with van der Waals surface area (Å²) in [5.74, 6) is -0.255. The van der Waals surface area contributed by atoms with E-state index in [2.05, 4.69) is 15.5 Å². The third kappa shape index (κ3) is 3.01. The lowest BCUT2D eigenvalue weighted by Crippen LogP contribution is -2.26. The van der Waals surface area contributed by atoms with Gasteiger partial charge in [-0.05, 0) is 12.5 Å². The number of nitrogens with zero attached hydrogens (tertiary/aromatic N) is 1. The van der Waals surface area contributed by atoms with Crippen molar-refractivity contribution >= 4 is 5.91 Å². The SMILES string of the molecule is CCCCNC(=O)c1ccc(=O)[nH]n1. The molecule has 2 N–H and O–H groups in total. The van der Waals surface area contributed by atoms with Gasteiger partial charge in [-0.1, -0.05) is 13.3 Å². The van der Waals surface area contributed by atoms with Crippen molar-refractivity contribution in [1.82, 2.24) is 15.5 Å². The zero-order valence-corrected chi connectivity index (χ0v) is 8.04. The summed E-state index contributed by atoms with van der Waals surface area (Å²) in [5, 5.41) is 8.51. The Kier molecular flexibility index (Phi) is 3.84. The molecule has 0 unspecified atom stereocenters. The lowest BCUT2D eigenvalue weighted by atomic mass is 10.3. The van der Waals surface area contributed by atoms with Crippen LogP contribution in [0, 0.1) is 0 Å². The number of carbonyl (C=O) groups excluding carboxylic acids is 1. The molecule has 0 atom stereocenters. The van der Waals surface area contributed by atoms with Crippen LogP contribution in [0.25, 0.3) is 0 Å². The molecule has 0 saturated heterocycles. The molecule has 0 bridgehead atoms. The molecule has 1 aromatic rings. The van der Waals surface area contributed by atoms with Crippen molar-refractivity contribution in [3.05, 3.63) is 28.2 Å². The van der Waals surface area contributed by atoms with Crippen LogP contribution in [0.1, 0.15) is 30.3 Å². The first-order valence-electron chi connectivity index (χ1n) is 4.58. The number of rotatable bonds is 4. The quantitative estimate of drug-likeness (QED) is 0.678. The van der Waals surface area contributed by atoms with Crippen molar-refractivity contribution in [2.75, 3.05) is 6.54 Å². The summed E-state index contributed by atoms with van der Waals surface area (Å²) < 4.78 is 0. The van der Waals surface area contributed by atoms with E-state index >= 15 is 0 Å². The standard InChI is InChI=1S/C9H13N3O2/c1-2-3-6-10-9(14)7-4-5-8(13)12-11-7/h4-5H,2-3,6H2,1H3,(H,10,14)(H,12,13). The van der Waals surface area contributed by atoms with E-state index in [0.29, 0.717) is 6.54 Å². The molecule has 0 saturated carbocycles. The van der Waals surface area contributed by atoms with Crippen LogP contribution in [0.2, 0.25) is 0 Å². The number of unbranched alkanes of at least 4 members (excludes halogenated alkanes) is 1. The van der Waals surface area contributed by atoms with Gasteiger partial charge < -0.3 is 5.32 Å². The van der Waals surface area contributed by atoms with Gasteiger partial charge in [0.1, 0.15) is 5.69 Å². The maximum Gasteiger partial charge on any atom is 0.271 e. The van der Waals surface area contributed by atoms with Crippen LogP contribution in [-0.4, -0.2) is 22.6 Å². The highest BCUT2D eigenvalue weighted by Gasteiger charge is 2.05. The molecule has 0 aliphatic rings. The average molecular weight is 195 g/mol. The number of carbonyl (C=O) groups is 1. The van der Waals surface area contributed by atoms with Crippen LogP contribution in [0.15, 0.2) is 16.9 Å².